The fourth-order valence-electron chi connectivity index (χ4n) is 1.96. The Morgan fingerprint density at radius 1 is 1.40 bits per heavy atom. The summed E-state index contributed by atoms with van der Waals surface area (Å²) in [6, 6.07) is 0. The van der Waals surface area contributed by atoms with Crippen LogP contribution in [0.4, 0.5) is 0 Å². The molecule has 0 amide bonds. The van der Waals surface area contributed by atoms with Gasteiger partial charge in [-0.2, -0.15) is 4.63 Å². The Kier molecular flexibility index (Phi) is 4.26. The molecule has 114 valence electrons. The fraction of sp³-hybridized carbons (Fsp3) is 0.818. The Labute approximate surface area is 115 Å². The van der Waals surface area contributed by atoms with Crippen molar-refractivity contribution in [2.45, 2.75) is 39.4 Å². The maximum absolute atomic E-state index is 11.1. The number of hydrogen-bond donors (Lipinski definition) is 1. The Morgan fingerprint density at radius 3 is 2.60 bits per heavy atom. The van der Waals surface area contributed by atoms with Crippen molar-refractivity contribution in [1.82, 2.24) is 9.98 Å². The monoisotopic (exact) mass is 289 g/mol. The molecule has 1 aliphatic heterocycles. The number of aliphatic carboxylic acids is 1. The molecule has 2 rings (SSSR count). The molecule has 1 atom stereocenters. The lowest BCUT2D eigenvalue weighted by molar-refractivity contribution is -0.181. The summed E-state index contributed by atoms with van der Waals surface area (Å²) in [5.74, 6) is -1.41. The number of nitrogens with zero attached hydrogens (tertiary/aromatic N) is 3. The molecular formula is C11H19N3O6. The average Bonchev–Trinajstić information content (AvgIpc) is 3.17. The van der Waals surface area contributed by atoms with Crippen LogP contribution in [-0.2, 0) is 14.3 Å². The Balaban J connectivity index is 1.75. The van der Waals surface area contributed by atoms with Gasteiger partial charge in [0, 0.05) is 31.4 Å². The van der Waals surface area contributed by atoms with Gasteiger partial charge >= 0.3 is 11.9 Å². The maximum Gasteiger partial charge on any atom is 0.308 e. The molecule has 0 saturated carbocycles. The van der Waals surface area contributed by atoms with Crippen LogP contribution in [0.2, 0.25) is 0 Å². The number of carbonyl (C=O) groups is 2. The van der Waals surface area contributed by atoms with Crippen LogP contribution in [0.1, 0.15) is 33.1 Å². The molecule has 1 fully saturated rings. The molecule has 0 aliphatic carbocycles. The van der Waals surface area contributed by atoms with Gasteiger partial charge in [-0.1, -0.05) is 6.92 Å². The van der Waals surface area contributed by atoms with Crippen LogP contribution in [0.15, 0.2) is 4.63 Å². The number of hydrogen-bond acceptors (Lipinski definition) is 6. The van der Waals surface area contributed by atoms with E-state index in [1.54, 1.807) is 13.8 Å². The van der Waals surface area contributed by atoms with Gasteiger partial charge in [-0.05, 0) is 12.8 Å². The first-order valence-electron chi connectivity index (χ1n) is 6.63. The molecule has 1 aromatic heterocycles. The van der Waals surface area contributed by atoms with Gasteiger partial charge in [0.2, 0.25) is 0 Å². The third kappa shape index (κ3) is 3.49. The summed E-state index contributed by atoms with van der Waals surface area (Å²) in [6.07, 6.45) is 0.650. The Bertz CT molecular complexity index is 454. The largest absolute Gasteiger partial charge is 0.481 e. The van der Waals surface area contributed by atoms with Crippen LogP contribution in [-0.4, -0.2) is 46.4 Å². The predicted molar refractivity (Wildman–Crippen MR) is 65.4 cm³/mol. The van der Waals surface area contributed by atoms with Crippen molar-refractivity contribution in [1.29, 1.82) is 0 Å². The van der Waals surface area contributed by atoms with Crippen molar-refractivity contribution in [2.75, 3.05) is 18.1 Å². The van der Waals surface area contributed by atoms with Crippen LogP contribution in [0.25, 0.3) is 0 Å². The minimum Gasteiger partial charge on any atom is -0.481 e. The molecule has 0 spiro atoms. The highest BCUT2D eigenvalue weighted by atomic mass is 17.0. The molecule has 0 bridgehead atoms. The molecule has 9 nitrogen and oxygen atoms in total. The predicted octanol–water partition coefficient (Wildman–Crippen LogP) is 0.0430. The second kappa shape index (κ2) is 5.93. The standard InChI is InChI=1S/C11H19N3O6/c1-3-10(15)18-8(2)19-14-13(20-14)12-6-4-9(5-7-12)11(16)17/h8-9H,3-7H2,1-2H3,(H,16,17). The summed E-state index contributed by atoms with van der Waals surface area (Å²) in [4.78, 5) is 28.5. The van der Waals surface area contributed by atoms with Gasteiger partial charge in [0.1, 0.15) is 5.02 Å². The zero-order chi connectivity index (χ0) is 14.7. The Hall–Kier alpha value is -2.06. The summed E-state index contributed by atoms with van der Waals surface area (Å²) < 4.78 is 10.00. The van der Waals surface area contributed by atoms with Gasteiger partial charge in [0.05, 0.1) is 5.92 Å². The molecule has 1 N–H and O–H groups in total. The molecule has 9 heteroatoms. The Morgan fingerprint density at radius 2 is 2.05 bits per heavy atom. The van der Waals surface area contributed by atoms with E-state index in [0.29, 0.717) is 25.9 Å². The van der Waals surface area contributed by atoms with Gasteiger partial charge in [-0.3, -0.25) is 14.6 Å². The van der Waals surface area contributed by atoms with Crippen molar-refractivity contribution in [3.8, 4) is 0 Å². The molecule has 20 heavy (non-hydrogen) atoms. The van der Waals surface area contributed by atoms with E-state index in [4.69, 9.17) is 19.3 Å². The highest BCUT2D eigenvalue weighted by Gasteiger charge is 2.30. The van der Waals surface area contributed by atoms with Crippen molar-refractivity contribution in [3.63, 3.8) is 0 Å². The third-order valence-corrected chi connectivity index (χ3v) is 3.15. The molecule has 1 aliphatic rings. The highest BCUT2D eigenvalue weighted by Crippen LogP contribution is 2.17. The van der Waals surface area contributed by atoms with E-state index in [1.807, 2.05) is 5.01 Å². The topological polar surface area (TPSA) is 99.1 Å². The molecule has 1 saturated heterocycles. The zero-order valence-corrected chi connectivity index (χ0v) is 11.5. The normalized spacial score (nSPS) is 18.0. The van der Waals surface area contributed by atoms with Gasteiger partial charge in [-0.15, -0.1) is 0 Å². The summed E-state index contributed by atoms with van der Waals surface area (Å²) in [7, 11) is 0. The average molecular weight is 289 g/mol. The summed E-state index contributed by atoms with van der Waals surface area (Å²) in [6.45, 7) is 4.42. The van der Waals surface area contributed by atoms with Gasteiger partial charge in [0.25, 0.3) is 6.29 Å². The third-order valence-electron chi connectivity index (χ3n) is 3.15. The molecule has 0 radical (unpaired) electrons. The number of esters is 1. The number of carboxylic acid groups (broad SMARTS) is 1. The van der Waals surface area contributed by atoms with E-state index in [2.05, 4.69) is 0 Å². The highest BCUT2D eigenvalue weighted by molar-refractivity contribution is 5.70. The van der Waals surface area contributed by atoms with Crippen LogP contribution >= 0.6 is 0 Å². The quantitative estimate of drug-likeness (QED) is 0.583. The number of carboxylic acids is 1. The first kappa shape index (κ1) is 14.4. The van der Waals surface area contributed by atoms with Crippen molar-refractivity contribution < 1.29 is 28.9 Å². The minimum atomic E-state index is -0.760. The molecule has 2 heterocycles. The van der Waals surface area contributed by atoms with E-state index in [-0.39, 0.29) is 18.3 Å². The molecular weight excluding hydrogens is 270 g/mol. The number of rotatable bonds is 6. The lowest BCUT2D eigenvalue weighted by Gasteiger charge is -2.26. The van der Waals surface area contributed by atoms with Crippen LogP contribution in [0, 0.1) is 5.92 Å². The summed E-state index contributed by atoms with van der Waals surface area (Å²) >= 11 is 0. The van der Waals surface area contributed by atoms with Gasteiger partial charge < -0.3 is 14.7 Å². The smallest absolute Gasteiger partial charge is 0.308 e. The number of ether oxygens (including phenoxy) is 1. The SMILES string of the molecule is CCC(=O)OC(C)On1on1N1CCC(C(=O)O)CC1. The van der Waals surface area contributed by atoms with Crippen LogP contribution in [0.3, 0.4) is 0 Å². The number of piperidine rings is 1. The van der Waals surface area contributed by atoms with Crippen molar-refractivity contribution >= 4 is 11.9 Å². The first-order chi connectivity index (χ1) is 9.51. The van der Waals surface area contributed by atoms with E-state index in [0.717, 1.165) is 5.02 Å². The van der Waals surface area contributed by atoms with E-state index in [9.17, 15) is 9.59 Å². The second-order valence-corrected chi connectivity index (χ2v) is 4.65. The summed E-state index contributed by atoms with van der Waals surface area (Å²) in [5, 5.41) is 11.8. The van der Waals surface area contributed by atoms with Crippen molar-refractivity contribution in [2.24, 2.45) is 5.92 Å². The zero-order valence-electron chi connectivity index (χ0n) is 11.5. The lowest BCUT2D eigenvalue weighted by atomic mass is 9.98. The number of aromatic nitrogens is 2. The number of carbonyl (C=O) groups excluding carboxylic acids is 1. The van der Waals surface area contributed by atoms with Crippen LogP contribution in [0.5, 0.6) is 0 Å². The van der Waals surface area contributed by atoms with Crippen LogP contribution < -0.4 is 9.85 Å². The molecule has 0 aromatic carbocycles. The maximum atomic E-state index is 11.1. The van der Waals surface area contributed by atoms with Gasteiger partial charge in [-0.25, -0.2) is 0 Å². The lowest BCUT2D eigenvalue weighted by Crippen LogP contribution is -2.42. The second-order valence-electron chi connectivity index (χ2n) is 4.65. The summed E-state index contributed by atoms with van der Waals surface area (Å²) in [5.41, 5.74) is 0. The first-order valence-corrected chi connectivity index (χ1v) is 6.63. The fourth-order valence-corrected chi connectivity index (χ4v) is 1.96. The molecule has 1 aromatic rings. The van der Waals surface area contributed by atoms with E-state index >= 15 is 0 Å². The van der Waals surface area contributed by atoms with E-state index < -0.39 is 12.3 Å². The van der Waals surface area contributed by atoms with E-state index in [1.165, 1.54) is 4.96 Å². The molecule has 1 unspecified atom stereocenters. The minimum absolute atomic E-state index is 0.279. The van der Waals surface area contributed by atoms with Gasteiger partial charge in [0.15, 0.2) is 0 Å². The van der Waals surface area contributed by atoms with Crippen molar-refractivity contribution in [3.05, 3.63) is 0 Å².